The molecule has 0 N–H and O–H groups in total. The summed E-state index contributed by atoms with van der Waals surface area (Å²) >= 11 is -4.45. The Kier molecular flexibility index (Phi) is 6.85. The van der Waals surface area contributed by atoms with Crippen molar-refractivity contribution in [3.8, 4) is 11.1 Å². The van der Waals surface area contributed by atoms with Gasteiger partial charge < -0.3 is 24.8 Å². The normalized spacial score (nSPS) is 13.7. The van der Waals surface area contributed by atoms with Crippen LogP contribution in [0.4, 0.5) is 0 Å². The van der Waals surface area contributed by atoms with Gasteiger partial charge in [0.1, 0.15) is 0 Å². The third-order valence-electron chi connectivity index (χ3n) is 7.84. The zero-order valence-corrected chi connectivity index (χ0v) is 22.8. The van der Waals surface area contributed by atoms with Gasteiger partial charge in [0.05, 0.1) is 0 Å². The molecule has 0 atom stereocenters. The Bertz CT molecular complexity index is 1360. The molecule has 0 saturated heterocycles. The van der Waals surface area contributed by atoms with Crippen LogP contribution in [0.25, 0.3) is 11.1 Å². The molecule has 168 valence electrons. The van der Waals surface area contributed by atoms with E-state index in [2.05, 4.69) is 127 Å². The molecule has 2 aliphatic rings. The SMILES string of the molecule is [CH2]=[Zr+2]([C]1=CC=CC1)([c]1ccccc1)([c]1ccccc1)[CH]1c2ccccc2-c2ccccc21.[Cl-].[Cl-]. The molecule has 0 bridgehead atoms. The van der Waals surface area contributed by atoms with Crippen molar-refractivity contribution in [2.45, 2.75) is 10.0 Å². The second-order valence-electron chi connectivity index (χ2n) is 9.21. The second kappa shape index (κ2) is 9.39. The molecule has 0 aliphatic heterocycles. The van der Waals surface area contributed by atoms with Gasteiger partial charge >= 0.3 is 192 Å². The van der Waals surface area contributed by atoms with Gasteiger partial charge in [-0.25, -0.2) is 0 Å². The Balaban J connectivity index is 0.00000137. The van der Waals surface area contributed by atoms with Crippen LogP contribution in [-0.2, 0) is 18.3 Å². The minimum atomic E-state index is -4.45. The number of fused-ring (bicyclic) bond motifs is 3. The van der Waals surface area contributed by atoms with E-state index in [0.29, 0.717) is 0 Å². The van der Waals surface area contributed by atoms with Crippen molar-refractivity contribution in [3.05, 3.63) is 142 Å². The summed E-state index contributed by atoms with van der Waals surface area (Å²) in [6, 6.07) is 40.5. The van der Waals surface area contributed by atoms with Gasteiger partial charge in [0, 0.05) is 0 Å². The first-order chi connectivity index (χ1) is 15.7. The molecule has 0 saturated carbocycles. The summed E-state index contributed by atoms with van der Waals surface area (Å²) in [6.45, 7) is 0. The molecule has 2 aliphatic carbocycles. The third kappa shape index (κ3) is 3.25. The van der Waals surface area contributed by atoms with Crippen molar-refractivity contribution in [1.29, 1.82) is 0 Å². The van der Waals surface area contributed by atoms with Crippen molar-refractivity contribution in [3.63, 3.8) is 0 Å². The molecule has 0 radical (unpaired) electrons. The Morgan fingerprint density at radius 2 is 1.03 bits per heavy atom. The van der Waals surface area contributed by atoms with E-state index in [1.807, 2.05) is 0 Å². The van der Waals surface area contributed by atoms with Crippen molar-refractivity contribution in [1.82, 2.24) is 0 Å². The predicted molar refractivity (Wildman–Crippen MR) is 135 cm³/mol. The summed E-state index contributed by atoms with van der Waals surface area (Å²) in [6.07, 6.45) is 7.93. The first kappa shape index (κ1) is 24.8. The Morgan fingerprint density at radius 3 is 1.47 bits per heavy atom. The monoisotopic (exact) mass is 558 g/mol. The van der Waals surface area contributed by atoms with Gasteiger partial charge in [0.2, 0.25) is 0 Å². The molecule has 0 aromatic heterocycles. The maximum absolute atomic E-state index is 5.50. The molecular weight excluding hydrogens is 534 g/mol. The molecule has 34 heavy (non-hydrogen) atoms. The average molecular weight is 561 g/mol. The smallest absolute Gasteiger partial charge is 1.00 e. The molecule has 0 amide bonds. The van der Waals surface area contributed by atoms with Crippen molar-refractivity contribution in [2.24, 2.45) is 0 Å². The van der Waals surface area contributed by atoms with Crippen LogP contribution in [0.3, 0.4) is 0 Å². The summed E-state index contributed by atoms with van der Waals surface area (Å²) in [5.41, 5.74) is 5.62. The van der Waals surface area contributed by atoms with Crippen molar-refractivity contribution < 1.29 is 43.1 Å². The number of hydrogen-bond acceptors (Lipinski definition) is 0. The number of benzene rings is 4. The first-order valence-electron chi connectivity index (χ1n) is 11.4. The van der Waals surface area contributed by atoms with E-state index in [0.717, 1.165) is 6.42 Å². The van der Waals surface area contributed by atoms with Gasteiger partial charge in [-0.15, -0.1) is 0 Å². The fourth-order valence-electron chi connectivity index (χ4n) is 6.41. The molecule has 0 unspecified atom stereocenters. The van der Waals surface area contributed by atoms with Crippen LogP contribution < -0.4 is 31.4 Å². The first-order valence-corrected chi connectivity index (χ1v) is 18.3. The van der Waals surface area contributed by atoms with Gasteiger partial charge in [0.15, 0.2) is 0 Å². The van der Waals surface area contributed by atoms with Crippen molar-refractivity contribution in [2.75, 3.05) is 0 Å². The molecule has 0 spiro atoms. The van der Waals surface area contributed by atoms with Crippen LogP contribution in [-0.4, -0.2) is 4.21 Å². The number of hydrogen-bond donors (Lipinski definition) is 0. The molecule has 0 fully saturated rings. The zero-order valence-electron chi connectivity index (χ0n) is 18.9. The number of rotatable bonds is 4. The predicted octanol–water partition coefficient (Wildman–Crippen LogP) is 0.381. The average Bonchev–Trinajstić information content (AvgIpc) is 3.53. The molecular formula is C31H26Cl2Zr. The third-order valence-corrected chi connectivity index (χ3v) is 25.1. The summed E-state index contributed by atoms with van der Waals surface area (Å²) in [7, 11) is 0. The van der Waals surface area contributed by atoms with E-state index < -0.39 is 18.3 Å². The van der Waals surface area contributed by atoms with E-state index in [1.54, 1.807) is 3.28 Å². The van der Waals surface area contributed by atoms with E-state index >= 15 is 0 Å². The van der Waals surface area contributed by atoms with E-state index in [4.69, 9.17) is 4.21 Å². The molecule has 3 heteroatoms. The van der Waals surface area contributed by atoms with Crippen LogP contribution in [0.2, 0.25) is 0 Å². The fraction of sp³-hybridized carbons (Fsp3) is 0.0645. The molecule has 0 heterocycles. The maximum atomic E-state index is 5.50. The largest absolute Gasteiger partial charge is 1.00 e. The van der Waals surface area contributed by atoms with Gasteiger partial charge in [0.25, 0.3) is 0 Å². The summed E-state index contributed by atoms with van der Waals surface area (Å²) in [5.74, 6) is 0. The van der Waals surface area contributed by atoms with Crippen LogP contribution in [0.15, 0.2) is 131 Å². The minimum absolute atomic E-state index is 0. The fourth-order valence-corrected chi connectivity index (χ4v) is 23.5. The van der Waals surface area contributed by atoms with Crippen LogP contribution in [0.1, 0.15) is 21.2 Å². The Morgan fingerprint density at radius 1 is 0.588 bits per heavy atom. The van der Waals surface area contributed by atoms with Crippen LogP contribution >= 0.6 is 0 Å². The van der Waals surface area contributed by atoms with E-state index in [-0.39, 0.29) is 28.4 Å². The number of halogens is 2. The maximum Gasteiger partial charge on any atom is -1.00 e. The van der Waals surface area contributed by atoms with E-state index in [9.17, 15) is 0 Å². The van der Waals surface area contributed by atoms with Gasteiger partial charge in [-0.3, -0.25) is 0 Å². The second-order valence-corrected chi connectivity index (χ2v) is 22.6. The van der Waals surface area contributed by atoms with E-state index in [1.165, 1.54) is 28.8 Å². The topological polar surface area (TPSA) is 0 Å². The van der Waals surface area contributed by atoms with Gasteiger partial charge in [-0.1, -0.05) is 0 Å². The molecule has 4 aromatic carbocycles. The van der Waals surface area contributed by atoms with Gasteiger partial charge in [-0.2, -0.15) is 0 Å². The molecule has 6 rings (SSSR count). The Labute approximate surface area is 215 Å². The van der Waals surface area contributed by atoms with Crippen LogP contribution in [0, 0.1) is 0 Å². The standard InChI is InChI=1S/C13H9.2C6H5.C5H5.CH2.2ClH.Zr/c1-3-7-12-10(5-1)9-11-6-2-4-8-13(11)12;2*1-2-4-6-5-3-1;1-2-4-5-3-1;;;;/h1-9H;2*1-5H;1-3H,4H2;1H2;2*1H;/q;;;;;;;+2/p-2. The minimum Gasteiger partial charge on any atom is -1.00 e. The summed E-state index contributed by atoms with van der Waals surface area (Å²) in [4.78, 5) is 0. The molecule has 0 nitrogen and oxygen atoms in total. The van der Waals surface area contributed by atoms with Crippen molar-refractivity contribution >= 4 is 10.8 Å². The Hall–Kier alpha value is -2.31. The zero-order chi connectivity index (χ0) is 21.6. The van der Waals surface area contributed by atoms with Crippen LogP contribution in [0.5, 0.6) is 0 Å². The quantitative estimate of drug-likeness (QED) is 0.339. The summed E-state index contributed by atoms with van der Waals surface area (Å²) < 4.78 is 10.2. The number of allylic oxidation sites excluding steroid dienone is 4. The molecule has 4 aromatic rings. The summed E-state index contributed by atoms with van der Waals surface area (Å²) in [5, 5.41) is 0. The van der Waals surface area contributed by atoms with Gasteiger partial charge in [-0.05, 0) is 0 Å².